The van der Waals surface area contributed by atoms with Gasteiger partial charge in [0.15, 0.2) is 23.0 Å². The highest BCUT2D eigenvalue weighted by atomic mass is 16.6. The first-order valence-corrected chi connectivity index (χ1v) is 10.1. The van der Waals surface area contributed by atoms with Crippen molar-refractivity contribution in [2.24, 2.45) is 5.92 Å². The van der Waals surface area contributed by atoms with Crippen LogP contribution in [0, 0.1) is 5.92 Å². The lowest BCUT2D eigenvalue weighted by molar-refractivity contribution is -0.132. The van der Waals surface area contributed by atoms with E-state index in [4.69, 9.17) is 18.9 Å². The zero-order valence-corrected chi connectivity index (χ0v) is 18.3. The summed E-state index contributed by atoms with van der Waals surface area (Å²) in [6, 6.07) is 9.54. The second-order valence-electron chi connectivity index (χ2n) is 7.58. The summed E-state index contributed by atoms with van der Waals surface area (Å²) in [5, 5.41) is 0. The quantitative estimate of drug-likeness (QED) is 0.500. The van der Waals surface area contributed by atoms with Crippen LogP contribution in [0.5, 0.6) is 23.0 Å². The number of fused-ring (bicyclic) bond motifs is 1. The van der Waals surface area contributed by atoms with E-state index in [1.165, 1.54) is 19.4 Å². The molecule has 0 aliphatic heterocycles. The Kier molecular flexibility index (Phi) is 6.34. The molecule has 0 saturated carbocycles. The van der Waals surface area contributed by atoms with Gasteiger partial charge in [0.1, 0.15) is 0 Å². The van der Waals surface area contributed by atoms with Crippen LogP contribution < -0.4 is 18.9 Å². The van der Waals surface area contributed by atoms with Crippen molar-refractivity contribution in [2.45, 2.75) is 46.0 Å². The van der Waals surface area contributed by atoms with E-state index in [9.17, 15) is 9.59 Å². The Morgan fingerprint density at radius 3 is 1.97 bits per heavy atom. The van der Waals surface area contributed by atoms with Crippen LogP contribution in [-0.2, 0) is 9.59 Å². The first kappa shape index (κ1) is 21.7. The molecule has 3 rings (SSSR count). The molecule has 6 heteroatoms. The Labute approximate surface area is 177 Å². The zero-order valence-electron chi connectivity index (χ0n) is 18.3. The van der Waals surface area contributed by atoms with E-state index in [-0.39, 0.29) is 5.92 Å². The SMILES string of the molecule is CC[C@H]1c2cc(OC)c(OC(C)=O)cc2[C@@H](c2ccc(OC(C)=O)c(OC)c2)[C@H]1C. The molecule has 0 bridgehead atoms. The summed E-state index contributed by atoms with van der Waals surface area (Å²) >= 11 is 0. The van der Waals surface area contributed by atoms with Crippen LogP contribution in [-0.4, -0.2) is 26.2 Å². The molecule has 0 unspecified atom stereocenters. The van der Waals surface area contributed by atoms with Crippen LogP contribution >= 0.6 is 0 Å². The standard InChI is InChI=1S/C24H28O6/c1-7-17-13(2)24(16-8-9-20(29-14(3)25)21(10-16)27-5)19-12-23(30-15(4)26)22(28-6)11-18(17)19/h8-13,17,24H,7H2,1-6H3/t13-,17+,24+/m0/s1. The van der Waals surface area contributed by atoms with Crippen molar-refractivity contribution in [3.05, 3.63) is 47.0 Å². The van der Waals surface area contributed by atoms with Crippen LogP contribution in [0.1, 0.15) is 62.6 Å². The predicted octanol–water partition coefficient (Wildman–Crippen LogP) is 4.83. The molecule has 0 amide bonds. The van der Waals surface area contributed by atoms with Gasteiger partial charge in [-0.3, -0.25) is 9.59 Å². The molecule has 30 heavy (non-hydrogen) atoms. The van der Waals surface area contributed by atoms with Crippen molar-refractivity contribution in [2.75, 3.05) is 14.2 Å². The number of rotatable bonds is 6. The summed E-state index contributed by atoms with van der Waals surface area (Å²) in [5.74, 6) is 1.80. The zero-order chi connectivity index (χ0) is 22.0. The molecule has 1 aliphatic rings. The number of carbonyl (C=O) groups is 2. The summed E-state index contributed by atoms with van der Waals surface area (Å²) in [6.45, 7) is 7.13. The number of hydrogen-bond acceptors (Lipinski definition) is 6. The van der Waals surface area contributed by atoms with E-state index in [2.05, 4.69) is 13.8 Å². The van der Waals surface area contributed by atoms with Crippen LogP contribution in [0.2, 0.25) is 0 Å². The number of methoxy groups -OCH3 is 2. The van der Waals surface area contributed by atoms with E-state index >= 15 is 0 Å². The summed E-state index contributed by atoms with van der Waals surface area (Å²) in [7, 11) is 3.13. The summed E-state index contributed by atoms with van der Waals surface area (Å²) < 4.78 is 21.6. The largest absolute Gasteiger partial charge is 0.493 e. The van der Waals surface area contributed by atoms with Gasteiger partial charge >= 0.3 is 11.9 Å². The number of benzene rings is 2. The number of esters is 2. The highest BCUT2D eigenvalue weighted by Gasteiger charge is 2.39. The maximum absolute atomic E-state index is 11.6. The van der Waals surface area contributed by atoms with Crippen LogP contribution in [0.15, 0.2) is 30.3 Å². The monoisotopic (exact) mass is 412 g/mol. The van der Waals surface area contributed by atoms with Gasteiger partial charge in [0.2, 0.25) is 0 Å². The molecule has 0 fully saturated rings. The fourth-order valence-electron chi connectivity index (χ4n) is 4.57. The van der Waals surface area contributed by atoms with E-state index in [0.29, 0.717) is 34.8 Å². The van der Waals surface area contributed by atoms with Gasteiger partial charge in [0, 0.05) is 19.8 Å². The van der Waals surface area contributed by atoms with Crippen LogP contribution in [0.4, 0.5) is 0 Å². The Morgan fingerprint density at radius 1 is 0.833 bits per heavy atom. The second kappa shape index (κ2) is 8.78. The highest BCUT2D eigenvalue weighted by molar-refractivity contribution is 5.72. The molecular formula is C24H28O6. The second-order valence-corrected chi connectivity index (χ2v) is 7.58. The molecule has 0 N–H and O–H groups in total. The molecule has 0 aromatic heterocycles. The molecule has 1 aliphatic carbocycles. The topological polar surface area (TPSA) is 71.1 Å². The van der Waals surface area contributed by atoms with Crippen molar-refractivity contribution in [1.29, 1.82) is 0 Å². The number of carbonyl (C=O) groups excluding carboxylic acids is 2. The molecule has 0 spiro atoms. The van der Waals surface area contributed by atoms with Gasteiger partial charge in [-0.05, 0) is 59.2 Å². The lowest BCUT2D eigenvalue weighted by Gasteiger charge is -2.22. The number of hydrogen-bond donors (Lipinski definition) is 0. The molecule has 2 aromatic carbocycles. The normalized spacial score (nSPS) is 19.7. The van der Waals surface area contributed by atoms with Gasteiger partial charge < -0.3 is 18.9 Å². The van der Waals surface area contributed by atoms with Crippen molar-refractivity contribution in [3.63, 3.8) is 0 Å². The maximum Gasteiger partial charge on any atom is 0.308 e. The van der Waals surface area contributed by atoms with E-state index < -0.39 is 11.9 Å². The van der Waals surface area contributed by atoms with Crippen molar-refractivity contribution in [3.8, 4) is 23.0 Å². The Hall–Kier alpha value is -3.02. The Bertz CT molecular complexity index is 964. The first-order valence-electron chi connectivity index (χ1n) is 10.1. The summed E-state index contributed by atoms with van der Waals surface area (Å²) in [6.07, 6.45) is 0.976. The molecule has 0 radical (unpaired) electrons. The average molecular weight is 412 g/mol. The highest BCUT2D eigenvalue weighted by Crippen LogP contribution is 2.54. The van der Waals surface area contributed by atoms with E-state index in [0.717, 1.165) is 17.5 Å². The fraction of sp³-hybridized carbons (Fsp3) is 0.417. The van der Waals surface area contributed by atoms with Gasteiger partial charge in [0.05, 0.1) is 14.2 Å². The Morgan fingerprint density at radius 2 is 1.40 bits per heavy atom. The minimum atomic E-state index is -0.398. The molecule has 160 valence electrons. The van der Waals surface area contributed by atoms with Crippen molar-refractivity contribution < 1.29 is 28.5 Å². The third kappa shape index (κ3) is 3.99. The van der Waals surface area contributed by atoms with Crippen LogP contribution in [0.25, 0.3) is 0 Å². The summed E-state index contributed by atoms with van der Waals surface area (Å²) in [5.41, 5.74) is 3.35. The molecule has 3 atom stereocenters. The maximum atomic E-state index is 11.6. The van der Waals surface area contributed by atoms with Gasteiger partial charge in [0.25, 0.3) is 0 Å². The van der Waals surface area contributed by atoms with Crippen LogP contribution in [0.3, 0.4) is 0 Å². The third-order valence-electron chi connectivity index (χ3n) is 5.76. The minimum Gasteiger partial charge on any atom is -0.493 e. The lowest BCUT2D eigenvalue weighted by atomic mass is 9.83. The molecule has 0 saturated heterocycles. The fourth-order valence-corrected chi connectivity index (χ4v) is 4.57. The Balaban J connectivity index is 2.13. The molecule has 0 heterocycles. The van der Waals surface area contributed by atoms with Gasteiger partial charge in [-0.15, -0.1) is 0 Å². The smallest absolute Gasteiger partial charge is 0.308 e. The molecule has 2 aromatic rings. The first-order chi connectivity index (χ1) is 14.3. The minimum absolute atomic E-state index is 0.0745. The van der Waals surface area contributed by atoms with Crippen molar-refractivity contribution in [1.82, 2.24) is 0 Å². The molecule has 6 nitrogen and oxygen atoms in total. The third-order valence-corrected chi connectivity index (χ3v) is 5.76. The van der Waals surface area contributed by atoms with Gasteiger partial charge in [-0.25, -0.2) is 0 Å². The van der Waals surface area contributed by atoms with E-state index in [1.807, 2.05) is 24.3 Å². The number of ether oxygens (including phenoxy) is 4. The molecular weight excluding hydrogens is 384 g/mol. The van der Waals surface area contributed by atoms with Gasteiger partial charge in [-0.1, -0.05) is 19.9 Å². The van der Waals surface area contributed by atoms with Crippen molar-refractivity contribution >= 4 is 11.9 Å². The summed E-state index contributed by atoms with van der Waals surface area (Å²) in [4.78, 5) is 23.0. The van der Waals surface area contributed by atoms with E-state index in [1.54, 1.807) is 20.3 Å². The predicted molar refractivity (Wildman–Crippen MR) is 113 cm³/mol. The van der Waals surface area contributed by atoms with Gasteiger partial charge in [-0.2, -0.15) is 0 Å². The average Bonchev–Trinajstić information content (AvgIpc) is 2.97. The lowest BCUT2D eigenvalue weighted by Crippen LogP contribution is -2.10.